The van der Waals surface area contributed by atoms with Crippen molar-refractivity contribution < 1.29 is 27.9 Å². The minimum Gasteiger partial charge on any atom is -0.480 e. The Morgan fingerprint density at radius 2 is 2.00 bits per heavy atom. The highest BCUT2D eigenvalue weighted by Crippen LogP contribution is 2.22. The number of aliphatic carboxylic acids is 1. The van der Waals surface area contributed by atoms with E-state index in [-0.39, 0.29) is 11.6 Å². The molecular formula is C12H16F3N3O3. The maximum atomic E-state index is 12.3. The number of hydrogen-bond donors (Lipinski definition) is 2. The molecule has 0 radical (unpaired) electrons. The number of amides is 1. The molecule has 1 atom stereocenters. The number of halogens is 3. The van der Waals surface area contributed by atoms with Crippen molar-refractivity contribution in [1.82, 2.24) is 15.1 Å². The zero-order valence-corrected chi connectivity index (χ0v) is 11.7. The zero-order chi connectivity index (χ0) is 16.4. The minimum atomic E-state index is -4.69. The maximum Gasteiger partial charge on any atom is 0.391 e. The van der Waals surface area contributed by atoms with Gasteiger partial charge in [-0.3, -0.25) is 9.48 Å². The number of carbonyl (C=O) groups excluding carboxylic acids is 1. The SMILES string of the molecule is CC(C)c1cc(C(=O)NC(CC(F)(F)F)C(=O)O)n(C)n1. The van der Waals surface area contributed by atoms with Gasteiger partial charge in [0.15, 0.2) is 0 Å². The molecule has 0 saturated heterocycles. The molecule has 1 aromatic rings. The third-order valence-electron chi connectivity index (χ3n) is 2.76. The van der Waals surface area contributed by atoms with Crippen LogP contribution in [0.25, 0.3) is 0 Å². The van der Waals surface area contributed by atoms with Gasteiger partial charge in [-0.1, -0.05) is 13.8 Å². The lowest BCUT2D eigenvalue weighted by Crippen LogP contribution is -2.44. The molecule has 1 rings (SSSR count). The predicted molar refractivity (Wildman–Crippen MR) is 66.9 cm³/mol. The van der Waals surface area contributed by atoms with Crippen LogP contribution in [0.3, 0.4) is 0 Å². The van der Waals surface area contributed by atoms with Crippen molar-refractivity contribution in [2.75, 3.05) is 0 Å². The molecule has 9 heteroatoms. The van der Waals surface area contributed by atoms with Crippen LogP contribution in [0.15, 0.2) is 6.07 Å². The van der Waals surface area contributed by atoms with Crippen LogP contribution in [0.5, 0.6) is 0 Å². The van der Waals surface area contributed by atoms with E-state index < -0.39 is 30.5 Å². The molecule has 0 saturated carbocycles. The second-order valence-electron chi connectivity index (χ2n) is 4.92. The standard InChI is InChI=1S/C12H16F3N3O3/c1-6(2)7-4-9(18(3)17-7)10(19)16-8(11(20)21)5-12(13,14)15/h4,6,8H,5H2,1-3H3,(H,16,19)(H,20,21). The third-order valence-corrected chi connectivity index (χ3v) is 2.76. The van der Waals surface area contributed by atoms with Gasteiger partial charge in [0.25, 0.3) is 5.91 Å². The van der Waals surface area contributed by atoms with E-state index in [0.29, 0.717) is 5.69 Å². The van der Waals surface area contributed by atoms with Crippen molar-refractivity contribution in [3.63, 3.8) is 0 Å². The average molecular weight is 307 g/mol. The Morgan fingerprint density at radius 3 is 2.38 bits per heavy atom. The van der Waals surface area contributed by atoms with Crippen molar-refractivity contribution in [2.24, 2.45) is 7.05 Å². The van der Waals surface area contributed by atoms with Gasteiger partial charge in [0.1, 0.15) is 11.7 Å². The molecule has 1 amide bonds. The summed E-state index contributed by atoms with van der Waals surface area (Å²) in [5.41, 5.74) is 0.595. The number of alkyl halides is 3. The van der Waals surface area contributed by atoms with E-state index in [2.05, 4.69) is 5.10 Å². The highest BCUT2D eigenvalue weighted by atomic mass is 19.4. The smallest absolute Gasteiger partial charge is 0.391 e. The van der Waals surface area contributed by atoms with Crippen LogP contribution in [0.4, 0.5) is 13.2 Å². The number of rotatable bonds is 5. The Hall–Kier alpha value is -2.06. The van der Waals surface area contributed by atoms with Crippen molar-refractivity contribution in [1.29, 1.82) is 0 Å². The molecule has 2 N–H and O–H groups in total. The van der Waals surface area contributed by atoms with Gasteiger partial charge in [-0.2, -0.15) is 18.3 Å². The average Bonchev–Trinajstić information content (AvgIpc) is 2.68. The molecule has 0 fully saturated rings. The summed E-state index contributed by atoms with van der Waals surface area (Å²) in [5.74, 6) is -2.62. The van der Waals surface area contributed by atoms with Gasteiger partial charge in [0.2, 0.25) is 0 Å². The molecule has 0 spiro atoms. The fraction of sp³-hybridized carbons (Fsp3) is 0.583. The van der Waals surface area contributed by atoms with Gasteiger partial charge in [0.05, 0.1) is 12.1 Å². The highest BCUT2D eigenvalue weighted by molar-refractivity contribution is 5.95. The van der Waals surface area contributed by atoms with E-state index in [9.17, 15) is 22.8 Å². The largest absolute Gasteiger partial charge is 0.480 e. The lowest BCUT2D eigenvalue weighted by Gasteiger charge is -2.16. The van der Waals surface area contributed by atoms with Gasteiger partial charge < -0.3 is 10.4 Å². The Balaban J connectivity index is 2.90. The quantitative estimate of drug-likeness (QED) is 0.867. The number of nitrogens with one attached hydrogen (secondary N) is 1. The second kappa shape index (κ2) is 6.15. The molecule has 118 valence electrons. The summed E-state index contributed by atoms with van der Waals surface area (Å²) in [6.45, 7) is 3.68. The van der Waals surface area contributed by atoms with Gasteiger partial charge in [-0.15, -0.1) is 0 Å². The second-order valence-corrected chi connectivity index (χ2v) is 4.92. The van der Waals surface area contributed by atoms with Crippen LogP contribution in [-0.4, -0.2) is 39.0 Å². The van der Waals surface area contributed by atoms with E-state index >= 15 is 0 Å². The number of nitrogens with zero attached hydrogens (tertiary/aromatic N) is 2. The molecule has 1 heterocycles. The summed E-state index contributed by atoms with van der Waals surface area (Å²) in [6, 6.07) is -0.609. The molecule has 0 aromatic carbocycles. The van der Waals surface area contributed by atoms with E-state index in [1.165, 1.54) is 17.8 Å². The molecule has 0 bridgehead atoms. The molecular weight excluding hydrogens is 291 g/mol. The Bertz CT molecular complexity index is 538. The minimum absolute atomic E-state index is 0.00660. The van der Waals surface area contributed by atoms with Crippen molar-refractivity contribution in [3.05, 3.63) is 17.5 Å². The van der Waals surface area contributed by atoms with E-state index in [1.807, 2.05) is 19.2 Å². The first-order chi connectivity index (χ1) is 9.51. The number of carboxylic acids is 1. The number of aryl methyl sites for hydroxylation is 1. The first-order valence-corrected chi connectivity index (χ1v) is 6.15. The Kier molecular flexibility index (Phi) is 4.97. The Morgan fingerprint density at radius 1 is 1.43 bits per heavy atom. The van der Waals surface area contributed by atoms with Gasteiger partial charge >= 0.3 is 12.1 Å². The summed E-state index contributed by atoms with van der Waals surface area (Å²) in [7, 11) is 1.46. The van der Waals surface area contributed by atoms with Gasteiger partial charge in [0, 0.05) is 7.05 Å². The molecule has 0 aliphatic carbocycles. The highest BCUT2D eigenvalue weighted by Gasteiger charge is 2.36. The molecule has 6 nitrogen and oxygen atoms in total. The summed E-state index contributed by atoms with van der Waals surface area (Å²) < 4.78 is 38.0. The van der Waals surface area contributed by atoms with Crippen molar-refractivity contribution in [3.8, 4) is 0 Å². The molecule has 1 unspecified atom stereocenters. The van der Waals surface area contributed by atoms with E-state index in [1.54, 1.807) is 0 Å². The first kappa shape index (κ1) is 17.0. The zero-order valence-electron chi connectivity index (χ0n) is 11.7. The monoisotopic (exact) mass is 307 g/mol. The molecule has 1 aromatic heterocycles. The van der Waals surface area contributed by atoms with E-state index in [4.69, 9.17) is 5.11 Å². The van der Waals surface area contributed by atoms with Crippen LogP contribution in [0, 0.1) is 0 Å². The van der Waals surface area contributed by atoms with Crippen LogP contribution in [-0.2, 0) is 11.8 Å². The number of carboxylic acid groups (broad SMARTS) is 1. The van der Waals surface area contributed by atoms with Crippen LogP contribution in [0.1, 0.15) is 42.4 Å². The maximum absolute atomic E-state index is 12.3. The normalized spacial score (nSPS) is 13.3. The van der Waals surface area contributed by atoms with E-state index in [0.717, 1.165) is 0 Å². The summed E-state index contributed by atoms with van der Waals surface area (Å²) in [5, 5.41) is 14.7. The van der Waals surface area contributed by atoms with Crippen LogP contribution < -0.4 is 5.32 Å². The molecule has 0 aliphatic heterocycles. The predicted octanol–water partition coefficient (Wildman–Crippen LogP) is 1.68. The van der Waals surface area contributed by atoms with Gasteiger partial charge in [-0.05, 0) is 12.0 Å². The van der Waals surface area contributed by atoms with Gasteiger partial charge in [-0.25, -0.2) is 4.79 Å². The third kappa shape index (κ3) is 4.76. The van der Waals surface area contributed by atoms with Crippen LogP contribution in [0.2, 0.25) is 0 Å². The summed E-state index contributed by atoms with van der Waals surface area (Å²) in [6.07, 6.45) is -6.32. The molecule has 21 heavy (non-hydrogen) atoms. The number of hydrogen-bond acceptors (Lipinski definition) is 3. The fourth-order valence-electron chi connectivity index (χ4n) is 1.65. The van der Waals surface area contributed by atoms with Crippen molar-refractivity contribution >= 4 is 11.9 Å². The lowest BCUT2D eigenvalue weighted by molar-refractivity contribution is -0.157. The van der Waals surface area contributed by atoms with Crippen LogP contribution >= 0.6 is 0 Å². The Labute approximate surface area is 118 Å². The fourth-order valence-corrected chi connectivity index (χ4v) is 1.65. The number of aromatic nitrogens is 2. The summed E-state index contributed by atoms with van der Waals surface area (Å²) >= 11 is 0. The number of carbonyl (C=O) groups is 2. The summed E-state index contributed by atoms with van der Waals surface area (Å²) in [4.78, 5) is 22.7. The molecule has 0 aliphatic rings. The van der Waals surface area contributed by atoms with Crippen molar-refractivity contribution in [2.45, 2.75) is 38.4 Å². The lowest BCUT2D eigenvalue weighted by atomic mass is 10.1. The topological polar surface area (TPSA) is 84.2 Å². The first-order valence-electron chi connectivity index (χ1n) is 6.15.